The number of halogens is 1. The zero-order valence-corrected chi connectivity index (χ0v) is 12.1. The van der Waals surface area contributed by atoms with Gasteiger partial charge in [-0.3, -0.25) is 9.59 Å². The van der Waals surface area contributed by atoms with Crippen LogP contribution < -0.4 is 0 Å². The molecule has 0 bridgehead atoms. The summed E-state index contributed by atoms with van der Waals surface area (Å²) in [6.45, 7) is 5.90. The molecule has 0 aliphatic heterocycles. The van der Waals surface area contributed by atoms with Gasteiger partial charge in [-0.1, -0.05) is 24.6 Å². The Kier molecular flexibility index (Phi) is 5.36. The molecule has 0 radical (unpaired) electrons. The van der Waals surface area contributed by atoms with Gasteiger partial charge in [-0.15, -0.1) is 0 Å². The largest absolute Gasteiger partial charge is 0.481 e. The highest BCUT2D eigenvalue weighted by Gasteiger charge is 2.21. The molecule has 1 N–H and O–H groups in total. The first-order chi connectivity index (χ1) is 8.86. The summed E-state index contributed by atoms with van der Waals surface area (Å²) in [6, 6.07) is 5.13. The van der Waals surface area contributed by atoms with Crippen molar-refractivity contribution < 1.29 is 14.7 Å². The third kappa shape index (κ3) is 3.96. The molecule has 5 heteroatoms. The van der Waals surface area contributed by atoms with Gasteiger partial charge in [0.05, 0.1) is 5.92 Å². The van der Waals surface area contributed by atoms with Crippen LogP contribution in [0.3, 0.4) is 0 Å². The SMILES string of the molecule is CCN(CC(C)C(=O)O)C(=O)c1cc(Cl)ccc1C. The maximum Gasteiger partial charge on any atom is 0.308 e. The van der Waals surface area contributed by atoms with Crippen molar-refractivity contribution in [2.24, 2.45) is 5.92 Å². The molecule has 0 aromatic heterocycles. The van der Waals surface area contributed by atoms with Crippen LogP contribution in [-0.4, -0.2) is 35.0 Å². The van der Waals surface area contributed by atoms with Gasteiger partial charge in [-0.25, -0.2) is 0 Å². The molecule has 1 rings (SSSR count). The quantitative estimate of drug-likeness (QED) is 0.904. The van der Waals surface area contributed by atoms with E-state index in [0.29, 0.717) is 17.1 Å². The van der Waals surface area contributed by atoms with Gasteiger partial charge in [0.1, 0.15) is 0 Å². The van der Waals surface area contributed by atoms with E-state index in [0.717, 1.165) is 5.56 Å². The van der Waals surface area contributed by atoms with E-state index < -0.39 is 11.9 Å². The van der Waals surface area contributed by atoms with Gasteiger partial charge >= 0.3 is 5.97 Å². The summed E-state index contributed by atoms with van der Waals surface area (Å²) in [6.07, 6.45) is 0. The summed E-state index contributed by atoms with van der Waals surface area (Å²) in [5.74, 6) is -1.69. The molecule has 1 atom stereocenters. The molecule has 1 aromatic rings. The molecule has 0 saturated heterocycles. The van der Waals surface area contributed by atoms with Crippen molar-refractivity contribution >= 4 is 23.5 Å². The molecule has 0 spiro atoms. The van der Waals surface area contributed by atoms with Crippen LogP contribution >= 0.6 is 11.6 Å². The van der Waals surface area contributed by atoms with Crippen LogP contribution in [0.15, 0.2) is 18.2 Å². The number of rotatable bonds is 5. The first-order valence-electron chi connectivity index (χ1n) is 6.15. The predicted molar refractivity (Wildman–Crippen MR) is 74.6 cm³/mol. The second-order valence-corrected chi connectivity index (χ2v) is 4.98. The molecule has 1 amide bonds. The number of carbonyl (C=O) groups excluding carboxylic acids is 1. The maximum atomic E-state index is 12.4. The molecular weight excluding hydrogens is 266 g/mol. The third-order valence-electron chi connectivity index (χ3n) is 3.01. The Labute approximate surface area is 118 Å². The minimum absolute atomic E-state index is 0.185. The molecule has 1 unspecified atom stereocenters. The fourth-order valence-corrected chi connectivity index (χ4v) is 1.93. The first-order valence-corrected chi connectivity index (χ1v) is 6.52. The van der Waals surface area contributed by atoms with Gasteiger partial charge in [-0.2, -0.15) is 0 Å². The third-order valence-corrected chi connectivity index (χ3v) is 3.25. The van der Waals surface area contributed by atoms with E-state index in [1.165, 1.54) is 4.90 Å². The first kappa shape index (κ1) is 15.5. The second kappa shape index (κ2) is 6.57. The lowest BCUT2D eigenvalue weighted by Gasteiger charge is -2.23. The number of carboxylic acids is 1. The fourth-order valence-electron chi connectivity index (χ4n) is 1.76. The molecule has 0 heterocycles. The molecule has 104 valence electrons. The summed E-state index contributed by atoms with van der Waals surface area (Å²) >= 11 is 5.90. The number of hydrogen-bond acceptors (Lipinski definition) is 2. The average molecular weight is 284 g/mol. The van der Waals surface area contributed by atoms with Crippen molar-refractivity contribution in [3.05, 3.63) is 34.3 Å². The van der Waals surface area contributed by atoms with Crippen LogP contribution in [0.1, 0.15) is 29.8 Å². The number of carbonyl (C=O) groups is 2. The lowest BCUT2D eigenvalue weighted by Crippen LogP contribution is -2.37. The lowest BCUT2D eigenvalue weighted by atomic mass is 10.1. The van der Waals surface area contributed by atoms with Crippen molar-refractivity contribution in [2.75, 3.05) is 13.1 Å². The number of aryl methyl sites for hydroxylation is 1. The highest BCUT2D eigenvalue weighted by Crippen LogP contribution is 2.18. The normalized spacial score (nSPS) is 12.0. The predicted octanol–water partition coefficient (Wildman–Crippen LogP) is 2.83. The minimum Gasteiger partial charge on any atom is -0.481 e. The van der Waals surface area contributed by atoms with E-state index in [2.05, 4.69) is 0 Å². The maximum absolute atomic E-state index is 12.4. The van der Waals surface area contributed by atoms with Crippen LogP contribution in [0.2, 0.25) is 5.02 Å². The molecule has 0 aliphatic carbocycles. The standard InChI is InChI=1S/C14H18ClNO3/c1-4-16(8-10(3)14(18)19)13(17)12-7-11(15)6-5-9(12)2/h5-7,10H,4,8H2,1-3H3,(H,18,19). The molecular formula is C14H18ClNO3. The van der Waals surface area contributed by atoms with Crippen LogP contribution in [0.25, 0.3) is 0 Å². The van der Waals surface area contributed by atoms with Gasteiger partial charge in [0, 0.05) is 23.7 Å². The zero-order valence-electron chi connectivity index (χ0n) is 11.3. The van der Waals surface area contributed by atoms with Gasteiger partial charge in [0.2, 0.25) is 0 Å². The summed E-state index contributed by atoms with van der Waals surface area (Å²) in [5.41, 5.74) is 1.35. The number of aliphatic carboxylic acids is 1. The van der Waals surface area contributed by atoms with E-state index in [1.807, 2.05) is 13.8 Å². The topological polar surface area (TPSA) is 57.6 Å². The van der Waals surface area contributed by atoms with Gasteiger partial charge in [-0.05, 0) is 31.5 Å². The van der Waals surface area contributed by atoms with E-state index in [9.17, 15) is 9.59 Å². The molecule has 0 saturated carbocycles. The summed E-state index contributed by atoms with van der Waals surface area (Å²) < 4.78 is 0. The van der Waals surface area contributed by atoms with Crippen LogP contribution in [0.4, 0.5) is 0 Å². The molecule has 1 aromatic carbocycles. The number of nitrogens with zero attached hydrogens (tertiary/aromatic N) is 1. The van der Waals surface area contributed by atoms with Crippen LogP contribution in [-0.2, 0) is 4.79 Å². The smallest absolute Gasteiger partial charge is 0.308 e. The summed E-state index contributed by atoms with van der Waals surface area (Å²) in [4.78, 5) is 24.8. The van der Waals surface area contributed by atoms with Crippen molar-refractivity contribution in [3.8, 4) is 0 Å². The Hall–Kier alpha value is -1.55. The zero-order chi connectivity index (χ0) is 14.6. The lowest BCUT2D eigenvalue weighted by molar-refractivity contribution is -0.141. The Bertz CT molecular complexity index is 488. The highest BCUT2D eigenvalue weighted by molar-refractivity contribution is 6.31. The second-order valence-electron chi connectivity index (χ2n) is 4.54. The molecule has 19 heavy (non-hydrogen) atoms. The van der Waals surface area contributed by atoms with Gasteiger partial charge < -0.3 is 10.0 Å². The monoisotopic (exact) mass is 283 g/mol. The Morgan fingerprint density at radius 2 is 2.05 bits per heavy atom. The fraction of sp³-hybridized carbons (Fsp3) is 0.429. The molecule has 0 aliphatic rings. The van der Waals surface area contributed by atoms with E-state index in [1.54, 1.807) is 25.1 Å². The highest BCUT2D eigenvalue weighted by atomic mass is 35.5. The molecule has 4 nitrogen and oxygen atoms in total. The molecule has 0 fully saturated rings. The summed E-state index contributed by atoms with van der Waals surface area (Å²) in [5, 5.41) is 9.41. The van der Waals surface area contributed by atoms with Crippen molar-refractivity contribution in [1.29, 1.82) is 0 Å². The average Bonchev–Trinajstić information content (AvgIpc) is 2.37. The van der Waals surface area contributed by atoms with E-state index >= 15 is 0 Å². The van der Waals surface area contributed by atoms with Crippen LogP contribution in [0.5, 0.6) is 0 Å². The number of amides is 1. The summed E-state index contributed by atoms with van der Waals surface area (Å²) in [7, 11) is 0. The van der Waals surface area contributed by atoms with Crippen molar-refractivity contribution in [3.63, 3.8) is 0 Å². The number of benzene rings is 1. The Morgan fingerprint density at radius 1 is 1.42 bits per heavy atom. The van der Waals surface area contributed by atoms with Gasteiger partial charge in [0.25, 0.3) is 5.91 Å². The van der Waals surface area contributed by atoms with E-state index in [4.69, 9.17) is 16.7 Å². The van der Waals surface area contributed by atoms with E-state index in [-0.39, 0.29) is 12.5 Å². The van der Waals surface area contributed by atoms with Crippen molar-refractivity contribution in [2.45, 2.75) is 20.8 Å². The Morgan fingerprint density at radius 3 is 2.58 bits per heavy atom. The minimum atomic E-state index is -0.908. The Balaban J connectivity index is 2.95. The van der Waals surface area contributed by atoms with Crippen LogP contribution in [0, 0.1) is 12.8 Å². The van der Waals surface area contributed by atoms with Gasteiger partial charge in [0.15, 0.2) is 0 Å². The number of hydrogen-bond donors (Lipinski definition) is 1. The van der Waals surface area contributed by atoms with Crippen molar-refractivity contribution in [1.82, 2.24) is 4.90 Å². The number of carboxylic acid groups (broad SMARTS) is 1.